The van der Waals surface area contributed by atoms with Crippen molar-refractivity contribution < 1.29 is 23.7 Å². The summed E-state index contributed by atoms with van der Waals surface area (Å²) in [5.41, 5.74) is 2.14. The third-order valence-electron chi connectivity index (χ3n) is 7.47. The van der Waals surface area contributed by atoms with E-state index in [-0.39, 0.29) is 24.8 Å². The van der Waals surface area contributed by atoms with Crippen LogP contribution >= 0.6 is 0 Å². The molecule has 3 aromatic carbocycles. The molecule has 0 aromatic heterocycles. The van der Waals surface area contributed by atoms with E-state index >= 15 is 0 Å². The fourth-order valence-corrected chi connectivity index (χ4v) is 5.75. The van der Waals surface area contributed by atoms with Crippen LogP contribution in [0.1, 0.15) is 56.7 Å². The van der Waals surface area contributed by atoms with Crippen LogP contribution in [0, 0.1) is 5.92 Å². The van der Waals surface area contributed by atoms with Crippen molar-refractivity contribution in [3.63, 3.8) is 0 Å². The molecule has 4 unspecified atom stereocenters. The lowest BCUT2D eigenvalue weighted by molar-refractivity contribution is -0.321. The van der Waals surface area contributed by atoms with Crippen LogP contribution in [0.4, 0.5) is 0 Å². The smallest absolute Gasteiger partial charge is 0.314 e. The lowest BCUT2D eigenvalue weighted by Gasteiger charge is -2.47. The Bertz CT molecular complexity index is 1140. The molecule has 5 heteroatoms. The topological polar surface area (TPSA) is 54.0 Å². The number of carbonyl (C=O) groups excluding carboxylic acids is 1. The highest BCUT2D eigenvalue weighted by Crippen LogP contribution is 2.42. The van der Waals surface area contributed by atoms with Crippen molar-refractivity contribution in [2.24, 2.45) is 5.92 Å². The number of hydrogen-bond acceptors (Lipinski definition) is 5. The molecule has 0 aliphatic carbocycles. The van der Waals surface area contributed by atoms with Crippen LogP contribution in [0.25, 0.3) is 0 Å². The first kappa shape index (κ1) is 27.3. The molecule has 0 amide bonds. The zero-order valence-corrected chi connectivity index (χ0v) is 23.0. The molecule has 2 heterocycles. The zero-order valence-electron chi connectivity index (χ0n) is 23.0. The molecule has 2 fully saturated rings. The first-order chi connectivity index (χ1) is 18.9. The molecule has 2 saturated heterocycles. The van der Waals surface area contributed by atoms with Gasteiger partial charge in [0.05, 0.1) is 18.8 Å². The summed E-state index contributed by atoms with van der Waals surface area (Å²) >= 11 is 0. The Morgan fingerprint density at radius 2 is 1.41 bits per heavy atom. The van der Waals surface area contributed by atoms with Crippen molar-refractivity contribution >= 4 is 5.97 Å². The molecular weight excluding hydrogens is 488 g/mol. The molecule has 4 atom stereocenters. The maximum atomic E-state index is 13.4. The maximum Gasteiger partial charge on any atom is 0.314 e. The van der Waals surface area contributed by atoms with E-state index in [0.717, 1.165) is 29.5 Å². The van der Waals surface area contributed by atoms with Crippen LogP contribution in [0.2, 0.25) is 0 Å². The largest absolute Gasteiger partial charge is 0.459 e. The number of allylic oxidation sites excluding steroid dienone is 1. The Balaban J connectivity index is 1.45. The number of ether oxygens (including phenoxy) is 4. The number of unbranched alkanes of at least 4 members (excludes halogenated alkanes) is 1. The number of hydrogen-bond donors (Lipinski definition) is 0. The van der Waals surface area contributed by atoms with Crippen LogP contribution in [0.15, 0.2) is 103 Å². The van der Waals surface area contributed by atoms with E-state index in [2.05, 4.69) is 49.4 Å². The quantitative estimate of drug-likeness (QED) is 0.174. The summed E-state index contributed by atoms with van der Waals surface area (Å²) < 4.78 is 25.4. The van der Waals surface area contributed by atoms with E-state index in [0.29, 0.717) is 6.42 Å². The van der Waals surface area contributed by atoms with E-state index in [9.17, 15) is 4.79 Å². The van der Waals surface area contributed by atoms with Gasteiger partial charge in [-0.15, -0.1) is 0 Å². The van der Waals surface area contributed by atoms with Crippen molar-refractivity contribution in [2.45, 2.75) is 69.7 Å². The third kappa shape index (κ3) is 5.86. The average Bonchev–Trinajstić information content (AvgIpc) is 2.94. The minimum atomic E-state index is -0.881. The van der Waals surface area contributed by atoms with Gasteiger partial charge in [-0.05, 0) is 37.0 Å². The monoisotopic (exact) mass is 526 g/mol. The molecule has 0 N–H and O–H groups in total. The van der Waals surface area contributed by atoms with Gasteiger partial charge in [0.25, 0.3) is 0 Å². The molecule has 0 bridgehead atoms. The minimum absolute atomic E-state index is 0.217. The molecule has 0 saturated carbocycles. The zero-order chi connectivity index (χ0) is 27.3. The van der Waals surface area contributed by atoms with E-state index in [4.69, 9.17) is 18.9 Å². The number of esters is 1. The molecule has 2 aliphatic heterocycles. The Morgan fingerprint density at radius 3 is 1.92 bits per heavy atom. The lowest BCUT2D eigenvalue weighted by atomic mass is 9.80. The van der Waals surface area contributed by atoms with Gasteiger partial charge in [0.15, 0.2) is 5.79 Å². The van der Waals surface area contributed by atoms with Gasteiger partial charge in [-0.3, -0.25) is 4.79 Å². The summed E-state index contributed by atoms with van der Waals surface area (Å²) in [6.07, 6.45) is 5.43. The van der Waals surface area contributed by atoms with Crippen LogP contribution < -0.4 is 0 Å². The van der Waals surface area contributed by atoms with E-state index in [1.807, 2.05) is 74.5 Å². The lowest BCUT2D eigenvalue weighted by Crippen LogP contribution is -2.58. The normalized spacial score (nSPS) is 24.7. The fraction of sp³-hybridized carbons (Fsp3) is 0.382. The predicted molar refractivity (Wildman–Crippen MR) is 151 cm³/mol. The number of benzene rings is 3. The number of fused-ring (bicyclic) bond motifs is 1. The standard InChI is InChI=1S/C34H38O5/c1-4-5-9-22-29-31-30(39-33(2,3)38-29)23-28(37-32(31)35)24-36-34(25-16-10-6-11-17-25,26-18-12-7-13-19-26)27-20-14-8-15-21-27/h6-22,28-31H,4-5,23-24H2,1-3H3. The van der Waals surface area contributed by atoms with Gasteiger partial charge < -0.3 is 18.9 Å². The highest BCUT2D eigenvalue weighted by molar-refractivity contribution is 5.75. The summed E-state index contributed by atoms with van der Waals surface area (Å²) in [6.45, 7) is 6.15. The average molecular weight is 527 g/mol. The first-order valence-corrected chi connectivity index (χ1v) is 14.0. The van der Waals surface area contributed by atoms with Crippen molar-refractivity contribution in [1.82, 2.24) is 0 Å². The van der Waals surface area contributed by atoms with E-state index < -0.39 is 23.4 Å². The third-order valence-corrected chi connectivity index (χ3v) is 7.47. The fourth-order valence-electron chi connectivity index (χ4n) is 5.75. The molecule has 0 spiro atoms. The number of cyclic esters (lactones) is 1. The van der Waals surface area contributed by atoms with Crippen LogP contribution in [-0.4, -0.2) is 36.7 Å². The molecular formula is C34H38O5. The summed E-state index contributed by atoms with van der Waals surface area (Å²) in [4.78, 5) is 13.4. The summed E-state index contributed by atoms with van der Waals surface area (Å²) in [6, 6.07) is 30.6. The summed E-state index contributed by atoms with van der Waals surface area (Å²) in [7, 11) is 0. The van der Waals surface area contributed by atoms with Gasteiger partial charge in [-0.1, -0.05) is 116 Å². The SMILES string of the molecule is CCCC=CC1OC(C)(C)OC2CC(COC(c3ccccc3)(c3ccccc3)c3ccccc3)OC(=O)C12. The minimum Gasteiger partial charge on any atom is -0.459 e. The van der Waals surface area contributed by atoms with Crippen molar-refractivity contribution in [3.8, 4) is 0 Å². The second-order valence-corrected chi connectivity index (χ2v) is 10.8. The second kappa shape index (κ2) is 11.9. The van der Waals surface area contributed by atoms with Crippen LogP contribution in [0.5, 0.6) is 0 Å². The van der Waals surface area contributed by atoms with Gasteiger partial charge in [0.1, 0.15) is 17.6 Å². The van der Waals surface area contributed by atoms with E-state index in [1.54, 1.807) is 0 Å². The predicted octanol–water partition coefficient (Wildman–Crippen LogP) is 6.80. The van der Waals surface area contributed by atoms with Crippen LogP contribution in [-0.2, 0) is 29.3 Å². The molecule has 2 aliphatic rings. The van der Waals surface area contributed by atoms with Gasteiger partial charge in [-0.2, -0.15) is 0 Å². The summed E-state index contributed by atoms with van der Waals surface area (Å²) in [5.74, 6) is -1.59. The van der Waals surface area contributed by atoms with E-state index in [1.165, 1.54) is 0 Å². The maximum absolute atomic E-state index is 13.4. The van der Waals surface area contributed by atoms with Crippen molar-refractivity contribution in [3.05, 3.63) is 120 Å². The van der Waals surface area contributed by atoms with Crippen molar-refractivity contribution in [2.75, 3.05) is 6.61 Å². The Labute approximate surface area is 231 Å². The molecule has 5 rings (SSSR count). The van der Waals surface area contributed by atoms with Gasteiger partial charge in [0, 0.05) is 6.42 Å². The Hall–Kier alpha value is -3.25. The van der Waals surface area contributed by atoms with Crippen molar-refractivity contribution in [1.29, 1.82) is 0 Å². The summed E-state index contributed by atoms with van der Waals surface area (Å²) in [5, 5.41) is 0. The van der Waals surface area contributed by atoms with Gasteiger partial charge in [-0.25, -0.2) is 0 Å². The highest BCUT2D eigenvalue weighted by Gasteiger charge is 2.51. The Morgan fingerprint density at radius 1 is 0.872 bits per heavy atom. The van der Waals surface area contributed by atoms with Crippen LogP contribution in [0.3, 0.4) is 0 Å². The molecule has 39 heavy (non-hydrogen) atoms. The molecule has 3 aromatic rings. The molecule has 5 nitrogen and oxygen atoms in total. The highest BCUT2D eigenvalue weighted by atomic mass is 16.7. The number of carbonyl (C=O) groups is 1. The van der Waals surface area contributed by atoms with Gasteiger partial charge >= 0.3 is 5.97 Å². The first-order valence-electron chi connectivity index (χ1n) is 14.0. The molecule has 204 valence electrons. The Kier molecular flexibility index (Phi) is 8.31. The molecule has 0 radical (unpaired) electrons. The van der Waals surface area contributed by atoms with Gasteiger partial charge in [0.2, 0.25) is 0 Å². The number of rotatable bonds is 9. The second-order valence-electron chi connectivity index (χ2n) is 10.8.